The van der Waals surface area contributed by atoms with Gasteiger partial charge in [0.25, 0.3) is 0 Å². The highest BCUT2D eigenvalue weighted by atomic mass is 16.6. The van der Waals surface area contributed by atoms with Gasteiger partial charge in [-0.25, -0.2) is 4.79 Å². The number of hydrogen-bond acceptors (Lipinski definition) is 5. The van der Waals surface area contributed by atoms with Crippen LogP contribution >= 0.6 is 0 Å². The number of hydrogen-bond donors (Lipinski definition) is 2. The molecular weight excluding hydrogens is 346 g/mol. The number of benzene rings is 1. The molecule has 0 radical (unpaired) electrons. The van der Waals surface area contributed by atoms with Crippen molar-refractivity contribution in [2.45, 2.75) is 59.0 Å². The number of amides is 1. The molecule has 2 N–H and O–H groups in total. The van der Waals surface area contributed by atoms with E-state index in [-0.39, 0.29) is 28.4 Å². The number of allylic oxidation sites excluding steroid dienone is 2. The van der Waals surface area contributed by atoms with E-state index in [0.717, 1.165) is 12.8 Å². The van der Waals surface area contributed by atoms with Gasteiger partial charge in [-0.1, -0.05) is 18.6 Å². The zero-order valence-electron chi connectivity index (χ0n) is 16.3. The van der Waals surface area contributed by atoms with Crippen LogP contribution in [0.5, 0.6) is 5.75 Å². The predicted molar refractivity (Wildman–Crippen MR) is 102 cm³/mol. The average Bonchev–Trinajstić information content (AvgIpc) is 2.56. The number of phenols is 1. The molecule has 1 aromatic carbocycles. The molecule has 0 atom stereocenters. The number of nitrogens with one attached hydrogen (secondary N) is 1. The van der Waals surface area contributed by atoms with Crippen LogP contribution in [0.1, 0.15) is 74.1 Å². The number of rotatable bonds is 6. The summed E-state index contributed by atoms with van der Waals surface area (Å²) in [7, 11) is 0. The molecule has 1 aromatic rings. The molecule has 6 nitrogen and oxygen atoms in total. The number of Topliss-reactive ketones (excluding diaryl/α,β-unsaturated/α-hetero) is 2. The molecule has 0 aliphatic heterocycles. The van der Waals surface area contributed by atoms with Crippen LogP contribution in [0.25, 0.3) is 0 Å². The number of unbranched alkanes of at least 4 members (excludes halogenated alkanes) is 2. The van der Waals surface area contributed by atoms with Crippen LogP contribution in [0.4, 0.5) is 4.79 Å². The zero-order chi connectivity index (χ0) is 20.2. The molecule has 0 heterocycles. The molecule has 2 rings (SSSR count). The Morgan fingerprint density at radius 2 is 1.81 bits per heavy atom. The fourth-order valence-corrected chi connectivity index (χ4v) is 3.04. The fraction of sp³-hybridized carbons (Fsp3) is 0.476. The standard InChI is InChI=1S/C21H27NO5/c1-13-14(9-6-5-7-12-22-20(26)27-21(2,3)4)19(25)17-15(18(13)24)10-8-11-16(17)23/h8,10-11,23H,5-7,9,12H2,1-4H3,(H,22,26). The minimum Gasteiger partial charge on any atom is -0.507 e. The summed E-state index contributed by atoms with van der Waals surface area (Å²) in [6.07, 6.45) is 2.28. The summed E-state index contributed by atoms with van der Waals surface area (Å²) in [4.78, 5) is 36.7. The normalized spacial score (nSPS) is 14.2. The SMILES string of the molecule is CC1=C(CCCCCNC(=O)OC(C)(C)C)C(=O)c2c(O)cccc2C1=O. The first-order chi connectivity index (χ1) is 12.6. The molecule has 0 spiro atoms. The lowest BCUT2D eigenvalue weighted by Gasteiger charge is -2.20. The van der Waals surface area contributed by atoms with E-state index in [2.05, 4.69) is 5.32 Å². The second-order valence-electron chi connectivity index (χ2n) is 7.70. The Balaban J connectivity index is 1.85. The summed E-state index contributed by atoms with van der Waals surface area (Å²) in [5.41, 5.74) is 0.765. The van der Waals surface area contributed by atoms with Crippen LogP contribution in [-0.4, -0.2) is 34.9 Å². The van der Waals surface area contributed by atoms with Gasteiger partial charge in [0.15, 0.2) is 11.6 Å². The van der Waals surface area contributed by atoms with Crippen molar-refractivity contribution in [3.63, 3.8) is 0 Å². The summed E-state index contributed by atoms with van der Waals surface area (Å²) < 4.78 is 5.16. The molecule has 1 amide bonds. The number of carbonyl (C=O) groups excluding carboxylic acids is 3. The first-order valence-corrected chi connectivity index (χ1v) is 9.20. The number of ketones is 2. The second-order valence-corrected chi connectivity index (χ2v) is 7.70. The third-order valence-electron chi connectivity index (χ3n) is 4.35. The maximum Gasteiger partial charge on any atom is 0.407 e. The van der Waals surface area contributed by atoms with Gasteiger partial charge in [0, 0.05) is 23.3 Å². The van der Waals surface area contributed by atoms with E-state index >= 15 is 0 Å². The van der Waals surface area contributed by atoms with Crippen LogP contribution in [-0.2, 0) is 4.74 Å². The van der Waals surface area contributed by atoms with Gasteiger partial charge in [-0.3, -0.25) is 9.59 Å². The number of alkyl carbamates (subject to hydrolysis) is 1. The van der Waals surface area contributed by atoms with E-state index in [1.807, 2.05) is 0 Å². The number of aromatic hydroxyl groups is 1. The third kappa shape index (κ3) is 5.18. The van der Waals surface area contributed by atoms with Crippen molar-refractivity contribution in [1.82, 2.24) is 5.32 Å². The minimum absolute atomic E-state index is 0.106. The summed E-state index contributed by atoms with van der Waals surface area (Å²) in [5.74, 6) is -0.633. The van der Waals surface area contributed by atoms with Gasteiger partial charge >= 0.3 is 6.09 Å². The molecule has 0 bridgehead atoms. The summed E-state index contributed by atoms with van der Waals surface area (Å²) in [5, 5.41) is 12.7. The van der Waals surface area contributed by atoms with Gasteiger partial charge in [-0.2, -0.15) is 0 Å². The topological polar surface area (TPSA) is 92.7 Å². The first-order valence-electron chi connectivity index (χ1n) is 9.20. The van der Waals surface area contributed by atoms with Crippen LogP contribution in [0, 0.1) is 0 Å². The van der Waals surface area contributed by atoms with Crippen LogP contribution in [0.3, 0.4) is 0 Å². The van der Waals surface area contributed by atoms with Gasteiger partial charge in [0.1, 0.15) is 11.4 Å². The Kier molecular flexibility index (Phi) is 6.41. The highest BCUT2D eigenvalue weighted by molar-refractivity contribution is 6.27. The molecule has 6 heteroatoms. The van der Waals surface area contributed by atoms with E-state index in [4.69, 9.17) is 4.74 Å². The van der Waals surface area contributed by atoms with Crippen molar-refractivity contribution < 1.29 is 24.2 Å². The lowest BCUT2D eigenvalue weighted by molar-refractivity contribution is 0.0526. The highest BCUT2D eigenvalue weighted by Crippen LogP contribution is 2.33. The van der Waals surface area contributed by atoms with Crippen molar-refractivity contribution >= 4 is 17.7 Å². The van der Waals surface area contributed by atoms with Crippen molar-refractivity contribution in [2.24, 2.45) is 0 Å². The van der Waals surface area contributed by atoms with Crippen LogP contribution in [0.15, 0.2) is 29.3 Å². The van der Waals surface area contributed by atoms with Crippen molar-refractivity contribution in [1.29, 1.82) is 0 Å². The Morgan fingerprint density at radius 3 is 2.48 bits per heavy atom. The maximum atomic E-state index is 12.7. The minimum atomic E-state index is -0.524. The van der Waals surface area contributed by atoms with E-state index in [1.54, 1.807) is 39.8 Å². The van der Waals surface area contributed by atoms with Crippen molar-refractivity contribution in [3.05, 3.63) is 40.5 Å². The lowest BCUT2D eigenvalue weighted by atomic mass is 9.82. The Morgan fingerprint density at radius 1 is 1.11 bits per heavy atom. The Hall–Kier alpha value is -2.63. The molecule has 146 valence electrons. The maximum absolute atomic E-state index is 12.7. The van der Waals surface area contributed by atoms with Gasteiger partial charge in [0.2, 0.25) is 0 Å². The third-order valence-corrected chi connectivity index (χ3v) is 4.35. The van der Waals surface area contributed by atoms with Crippen molar-refractivity contribution in [2.75, 3.05) is 6.54 Å². The number of fused-ring (bicyclic) bond motifs is 1. The summed E-state index contributed by atoms with van der Waals surface area (Å²) in [6.45, 7) is 7.57. The lowest BCUT2D eigenvalue weighted by Crippen LogP contribution is -2.33. The largest absolute Gasteiger partial charge is 0.507 e. The van der Waals surface area contributed by atoms with Crippen LogP contribution in [0.2, 0.25) is 0 Å². The molecular formula is C21H27NO5. The van der Waals surface area contributed by atoms with Gasteiger partial charge < -0.3 is 15.2 Å². The van der Waals surface area contributed by atoms with Gasteiger partial charge in [-0.15, -0.1) is 0 Å². The van der Waals surface area contributed by atoms with E-state index in [9.17, 15) is 19.5 Å². The first kappa shape index (κ1) is 20.7. The molecule has 0 unspecified atom stereocenters. The molecule has 1 aliphatic rings. The van der Waals surface area contributed by atoms with Gasteiger partial charge in [0.05, 0.1) is 5.56 Å². The van der Waals surface area contributed by atoms with Crippen molar-refractivity contribution in [3.8, 4) is 5.75 Å². The van der Waals surface area contributed by atoms with E-state index < -0.39 is 11.7 Å². The molecule has 0 saturated heterocycles. The summed E-state index contributed by atoms with van der Waals surface area (Å²) >= 11 is 0. The second kappa shape index (κ2) is 8.37. The fourth-order valence-electron chi connectivity index (χ4n) is 3.04. The van der Waals surface area contributed by atoms with E-state index in [0.29, 0.717) is 30.5 Å². The monoisotopic (exact) mass is 373 g/mol. The Bertz CT molecular complexity index is 786. The molecule has 1 aliphatic carbocycles. The zero-order valence-corrected chi connectivity index (χ0v) is 16.3. The smallest absolute Gasteiger partial charge is 0.407 e. The average molecular weight is 373 g/mol. The number of phenolic OH excluding ortho intramolecular Hbond substituents is 1. The van der Waals surface area contributed by atoms with Gasteiger partial charge in [-0.05, 0) is 53.0 Å². The molecule has 0 aromatic heterocycles. The summed E-state index contributed by atoms with van der Waals surface area (Å²) in [6, 6.07) is 4.55. The predicted octanol–water partition coefficient (Wildman–Crippen LogP) is 4.17. The molecule has 0 fully saturated rings. The Labute approximate surface area is 159 Å². The quantitative estimate of drug-likeness (QED) is 0.730. The number of carbonyl (C=O) groups is 3. The molecule has 0 saturated carbocycles. The number of ether oxygens (including phenoxy) is 1. The highest BCUT2D eigenvalue weighted by Gasteiger charge is 2.31. The molecule has 27 heavy (non-hydrogen) atoms. The van der Waals surface area contributed by atoms with E-state index in [1.165, 1.54) is 6.07 Å². The van der Waals surface area contributed by atoms with Crippen LogP contribution < -0.4 is 5.32 Å².